The Kier molecular flexibility index (Phi) is 1.85. The largest absolute Gasteiger partial charge is 0.395 e. The zero-order valence-electron chi connectivity index (χ0n) is 3.57. The molecule has 0 aliphatic carbocycles. The molecule has 0 aromatic rings. The molecule has 0 atom stereocenters. The second kappa shape index (κ2) is 1.99. The van der Waals surface area contributed by atoms with Gasteiger partial charge in [-0.3, -0.25) is 4.55 Å². The summed E-state index contributed by atoms with van der Waals surface area (Å²) < 4.78 is 29.2. The second-order valence-corrected chi connectivity index (χ2v) is 1.79. The lowest BCUT2D eigenvalue weighted by molar-refractivity contribution is 0.482. The maximum absolute atomic E-state index is 9.53. The third-order valence-corrected chi connectivity index (χ3v) is 0.554. The summed E-state index contributed by atoms with van der Waals surface area (Å²) in [6.45, 7) is 0. The molecule has 0 aromatic carbocycles. The smallest absolute Gasteiger partial charge is 0.267 e. The minimum atomic E-state index is -4.22. The number of hydrogen-bond donors (Lipinski definition) is 1. The Bertz CT molecular complexity index is 156. The highest BCUT2D eigenvalue weighted by molar-refractivity contribution is 7.84. The lowest BCUT2D eigenvalue weighted by Crippen LogP contribution is -1.87. The highest BCUT2D eigenvalue weighted by Crippen LogP contribution is 1.80. The van der Waals surface area contributed by atoms with E-state index in [1.165, 1.54) is 0 Å². The van der Waals surface area contributed by atoms with Crippen molar-refractivity contribution in [2.45, 2.75) is 0 Å². The van der Waals surface area contributed by atoms with E-state index in [9.17, 15) is 8.42 Å². The van der Waals surface area contributed by atoms with Gasteiger partial charge in [-0.15, -0.1) is 0 Å². The Morgan fingerprint density at radius 1 is 1.57 bits per heavy atom. The van der Waals surface area contributed by atoms with Crippen LogP contribution in [0.4, 0.5) is 0 Å². The summed E-state index contributed by atoms with van der Waals surface area (Å²) in [6, 6.07) is 0. The van der Waals surface area contributed by atoms with Crippen LogP contribution in [-0.2, 0) is 10.3 Å². The second-order valence-electron chi connectivity index (χ2n) is 0.729. The van der Waals surface area contributed by atoms with Crippen molar-refractivity contribution in [2.75, 3.05) is 7.05 Å². The van der Waals surface area contributed by atoms with E-state index in [0.29, 0.717) is 0 Å². The van der Waals surface area contributed by atoms with Crippen molar-refractivity contribution in [3.05, 3.63) is 0 Å². The Balaban J connectivity index is 4.13. The van der Waals surface area contributed by atoms with Crippen LogP contribution in [-0.4, -0.2) is 20.0 Å². The lowest BCUT2D eigenvalue weighted by atomic mass is 11.6. The molecule has 0 aliphatic heterocycles. The molecule has 42 valence electrons. The molecule has 0 saturated carbocycles. The van der Waals surface area contributed by atoms with Crippen LogP contribution in [0.5, 0.6) is 0 Å². The molecular weight excluding hydrogens is 120 g/mol. The first kappa shape index (κ1) is 6.51. The van der Waals surface area contributed by atoms with Crippen LogP contribution in [0.2, 0.25) is 0 Å². The molecule has 0 rings (SSSR count). The van der Waals surface area contributed by atoms with Gasteiger partial charge in [0.2, 0.25) is 0 Å². The summed E-state index contributed by atoms with van der Waals surface area (Å²) >= 11 is 0. The van der Waals surface area contributed by atoms with Gasteiger partial charge in [0.1, 0.15) is 0 Å². The molecule has 0 radical (unpaired) electrons. The van der Waals surface area contributed by atoms with Crippen LogP contribution in [0.1, 0.15) is 0 Å². The highest BCUT2D eigenvalue weighted by atomic mass is 32.2. The summed E-state index contributed by atoms with van der Waals surface area (Å²) in [6.07, 6.45) is 0. The van der Waals surface area contributed by atoms with Crippen molar-refractivity contribution in [1.82, 2.24) is 0 Å². The quantitative estimate of drug-likeness (QED) is 0.390. The van der Waals surface area contributed by atoms with E-state index in [2.05, 4.69) is 9.63 Å². The van der Waals surface area contributed by atoms with Gasteiger partial charge in [0.25, 0.3) is 0 Å². The zero-order valence-corrected chi connectivity index (χ0v) is 4.38. The highest BCUT2D eigenvalue weighted by Gasteiger charge is 1.93. The third kappa shape index (κ3) is 5.51. The van der Waals surface area contributed by atoms with Crippen LogP contribution in [0.15, 0.2) is 9.63 Å². The molecule has 0 aromatic heterocycles. The number of nitrogens with zero attached hydrogens (tertiary/aromatic N) is 2. The van der Waals surface area contributed by atoms with Crippen LogP contribution in [0.3, 0.4) is 0 Å². The third-order valence-electron chi connectivity index (χ3n) is 0.185. The van der Waals surface area contributed by atoms with E-state index < -0.39 is 10.3 Å². The summed E-state index contributed by atoms with van der Waals surface area (Å²) in [7, 11) is -3.07. The van der Waals surface area contributed by atoms with E-state index in [1.54, 1.807) is 0 Å². The molecule has 0 amide bonds. The molecule has 1 N–H and O–H groups in total. The lowest BCUT2D eigenvalue weighted by Gasteiger charge is -1.74. The van der Waals surface area contributed by atoms with Gasteiger partial charge in [0.05, 0.1) is 7.05 Å². The Morgan fingerprint density at radius 2 is 2.00 bits per heavy atom. The van der Waals surface area contributed by atoms with Crippen LogP contribution >= 0.6 is 0 Å². The minimum Gasteiger partial charge on any atom is -0.267 e. The molecule has 0 unspecified atom stereocenters. The average Bonchev–Trinajstić information content (AvgIpc) is 1.30. The maximum Gasteiger partial charge on any atom is 0.395 e. The fourth-order valence-electron chi connectivity index (χ4n) is 0.103. The van der Waals surface area contributed by atoms with E-state index >= 15 is 0 Å². The molecule has 0 bridgehead atoms. The van der Waals surface area contributed by atoms with Gasteiger partial charge in [0.15, 0.2) is 0 Å². The first-order valence-corrected chi connectivity index (χ1v) is 2.74. The zero-order chi connectivity index (χ0) is 5.91. The summed E-state index contributed by atoms with van der Waals surface area (Å²) in [5.41, 5.74) is 0. The van der Waals surface area contributed by atoms with Crippen LogP contribution < -0.4 is 0 Å². The fourth-order valence-corrected chi connectivity index (χ4v) is 0.310. The van der Waals surface area contributed by atoms with Crippen molar-refractivity contribution < 1.29 is 13.0 Å². The molecule has 0 heterocycles. The van der Waals surface area contributed by atoms with E-state index in [4.69, 9.17) is 4.55 Å². The molecule has 6 heteroatoms. The van der Waals surface area contributed by atoms with Gasteiger partial charge in [-0.1, -0.05) is 0 Å². The topological polar surface area (TPSA) is 79.1 Å². The maximum atomic E-state index is 9.53. The molecule has 0 spiro atoms. The molecule has 0 fully saturated rings. The van der Waals surface area contributed by atoms with Gasteiger partial charge >= 0.3 is 10.3 Å². The number of hydrogen-bond acceptors (Lipinski definition) is 3. The monoisotopic (exact) mass is 124 g/mol. The molecule has 5 nitrogen and oxygen atoms in total. The Labute approximate surface area is 41.0 Å². The fraction of sp³-hybridized carbons (Fsp3) is 1.00. The molecule has 0 saturated heterocycles. The SMILES string of the molecule is CN=NS(=O)(=O)O. The normalized spacial score (nSPS) is 12.9. The Hall–Kier alpha value is -0.490. The first-order chi connectivity index (χ1) is 3.06. The average molecular weight is 124 g/mol. The molecular formula is CH4N2O3S. The predicted octanol–water partition coefficient (Wildman–Crippen LogP) is -0.129. The van der Waals surface area contributed by atoms with Gasteiger partial charge in [-0.2, -0.15) is 13.5 Å². The summed E-state index contributed by atoms with van der Waals surface area (Å²) in [5, 5.41) is 2.79. The minimum absolute atomic E-state index is 1.15. The first-order valence-electron chi connectivity index (χ1n) is 1.35. The van der Waals surface area contributed by atoms with Gasteiger partial charge in [-0.25, -0.2) is 0 Å². The van der Waals surface area contributed by atoms with Crippen LogP contribution in [0, 0.1) is 0 Å². The van der Waals surface area contributed by atoms with Crippen molar-refractivity contribution in [2.24, 2.45) is 9.63 Å². The van der Waals surface area contributed by atoms with Crippen molar-refractivity contribution in [1.29, 1.82) is 0 Å². The standard InChI is InChI=1S/CH4N2O3S/c1-2-3-7(4,5)6/h1H3,(H,4,5,6). The van der Waals surface area contributed by atoms with Crippen molar-refractivity contribution in [3.8, 4) is 0 Å². The van der Waals surface area contributed by atoms with Crippen molar-refractivity contribution >= 4 is 10.3 Å². The summed E-state index contributed by atoms with van der Waals surface area (Å²) in [4.78, 5) is 0. The van der Waals surface area contributed by atoms with Gasteiger partial charge < -0.3 is 0 Å². The van der Waals surface area contributed by atoms with Gasteiger partial charge in [0, 0.05) is 0 Å². The van der Waals surface area contributed by atoms with Crippen LogP contribution in [0.25, 0.3) is 0 Å². The van der Waals surface area contributed by atoms with E-state index in [-0.39, 0.29) is 0 Å². The number of rotatable bonds is 1. The molecule has 0 aliphatic rings. The summed E-state index contributed by atoms with van der Waals surface area (Å²) in [5.74, 6) is 0. The van der Waals surface area contributed by atoms with E-state index in [1.807, 2.05) is 0 Å². The van der Waals surface area contributed by atoms with Crippen molar-refractivity contribution in [3.63, 3.8) is 0 Å². The Morgan fingerprint density at radius 3 is 2.00 bits per heavy atom. The van der Waals surface area contributed by atoms with Gasteiger partial charge in [-0.05, 0) is 4.52 Å². The molecule has 7 heavy (non-hydrogen) atoms. The predicted molar refractivity (Wildman–Crippen MR) is 22.3 cm³/mol. The van der Waals surface area contributed by atoms with E-state index in [0.717, 1.165) is 7.05 Å².